The Morgan fingerprint density at radius 3 is 3.00 bits per heavy atom. The number of nitrogen functional groups attached to an aromatic ring is 1. The Balaban J connectivity index is 1.17. The summed E-state index contributed by atoms with van der Waals surface area (Å²) in [5.41, 5.74) is 14.8. The van der Waals surface area contributed by atoms with E-state index in [4.69, 9.17) is 21.2 Å². The summed E-state index contributed by atoms with van der Waals surface area (Å²) in [5.74, 6) is -0.140. The quantitative estimate of drug-likeness (QED) is 0.490. The van der Waals surface area contributed by atoms with E-state index in [1.165, 1.54) is 22.7 Å². The van der Waals surface area contributed by atoms with Crippen LogP contribution in [-0.4, -0.2) is 54.3 Å². The molecule has 1 spiro atoms. The number of nitrogens with one attached hydrogen (secondary N) is 1. The number of thiazole rings is 1. The van der Waals surface area contributed by atoms with E-state index in [0.29, 0.717) is 48.9 Å². The monoisotopic (exact) mass is 516 g/mol. The van der Waals surface area contributed by atoms with Gasteiger partial charge in [0.2, 0.25) is 0 Å². The molecule has 35 heavy (non-hydrogen) atoms. The van der Waals surface area contributed by atoms with Gasteiger partial charge in [-0.1, -0.05) is 0 Å². The minimum absolute atomic E-state index is 0.0568. The van der Waals surface area contributed by atoms with E-state index >= 15 is 4.39 Å². The van der Waals surface area contributed by atoms with E-state index in [-0.39, 0.29) is 29.2 Å². The molecule has 0 radical (unpaired) electrons. The number of anilines is 2. The summed E-state index contributed by atoms with van der Waals surface area (Å²) in [5, 5.41) is 4.02. The Morgan fingerprint density at radius 1 is 1.37 bits per heavy atom. The number of carbonyl (C=O) groups is 1. The Kier molecular flexibility index (Phi) is 5.70. The maximum Gasteiger partial charge on any atom is 0.263 e. The van der Waals surface area contributed by atoms with Gasteiger partial charge in [-0.3, -0.25) is 4.79 Å². The first-order chi connectivity index (χ1) is 16.8. The molecule has 3 atom stereocenters. The smallest absolute Gasteiger partial charge is 0.263 e. The highest BCUT2D eigenvalue weighted by atomic mass is 32.1. The number of hydrogen-bond donors (Lipinski definition) is 3. The third-order valence-electron chi connectivity index (χ3n) is 7.62. The lowest BCUT2D eigenvalue weighted by Gasteiger charge is -2.36. The van der Waals surface area contributed by atoms with Gasteiger partial charge in [0.1, 0.15) is 9.71 Å². The van der Waals surface area contributed by atoms with E-state index in [9.17, 15) is 4.79 Å². The maximum absolute atomic E-state index is 15.3. The third-order valence-corrected chi connectivity index (χ3v) is 9.85. The summed E-state index contributed by atoms with van der Waals surface area (Å²) in [4.78, 5) is 25.4. The molecule has 8 nitrogen and oxygen atoms in total. The predicted molar refractivity (Wildman–Crippen MR) is 137 cm³/mol. The van der Waals surface area contributed by atoms with Crippen molar-refractivity contribution < 1.29 is 13.9 Å². The first-order valence-electron chi connectivity index (χ1n) is 12.1. The topological polar surface area (TPSA) is 119 Å². The second kappa shape index (κ2) is 8.65. The average molecular weight is 517 g/mol. The van der Waals surface area contributed by atoms with Gasteiger partial charge in [-0.15, -0.1) is 22.7 Å². The summed E-state index contributed by atoms with van der Waals surface area (Å²) in [6, 6.07) is 1.43. The van der Waals surface area contributed by atoms with Crippen LogP contribution >= 0.6 is 22.7 Å². The van der Waals surface area contributed by atoms with Gasteiger partial charge in [0.25, 0.3) is 5.91 Å². The lowest BCUT2D eigenvalue weighted by molar-refractivity contribution is -0.00346. The number of aromatic nitrogens is 2. The number of nitrogens with zero attached hydrogens (tertiary/aromatic N) is 3. The highest BCUT2D eigenvalue weighted by molar-refractivity contribution is 7.29. The fraction of sp³-hybridized carbons (Fsp3) is 0.542. The number of thiophene rings is 1. The van der Waals surface area contributed by atoms with Crippen LogP contribution in [0, 0.1) is 18.2 Å². The molecule has 0 bridgehead atoms. The van der Waals surface area contributed by atoms with E-state index in [1.807, 2.05) is 11.8 Å². The molecule has 2 aliphatic heterocycles. The highest BCUT2D eigenvalue weighted by Crippen LogP contribution is 2.40. The molecule has 2 fully saturated rings. The van der Waals surface area contributed by atoms with Gasteiger partial charge in [0.05, 0.1) is 22.0 Å². The van der Waals surface area contributed by atoms with Crippen LogP contribution in [0.15, 0.2) is 6.07 Å². The molecule has 3 aliphatic rings. The van der Waals surface area contributed by atoms with E-state index in [1.54, 1.807) is 6.07 Å². The molecule has 0 aromatic carbocycles. The molecule has 5 N–H and O–H groups in total. The second-order valence-corrected chi connectivity index (χ2v) is 12.2. The molecule has 0 saturated carbocycles. The summed E-state index contributed by atoms with van der Waals surface area (Å²) in [7, 11) is 0. The number of halogens is 1. The molecule has 3 aromatic rings. The molecule has 3 aromatic heterocycles. The molecule has 186 valence electrons. The van der Waals surface area contributed by atoms with Crippen LogP contribution in [0.2, 0.25) is 0 Å². The van der Waals surface area contributed by atoms with Crippen molar-refractivity contribution in [3.63, 3.8) is 0 Å². The number of fused-ring (bicyclic) bond motifs is 2. The fourth-order valence-electron chi connectivity index (χ4n) is 5.74. The number of hydrogen-bond acceptors (Lipinski definition) is 9. The minimum Gasteiger partial charge on any atom is -0.396 e. The van der Waals surface area contributed by atoms with Crippen molar-refractivity contribution in [1.82, 2.24) is 15.3 Å². The van der Waals surface area contributed by atoms with Crippen molar-refractivity contribution in [3.05, 3.63) is 33.0 Å². The fourth-order valence-corrected chi connectivity index (χ4v) is 7.83. The summed E-state index contributed by atoms with van der Waals surface area (Å²) >= 11 is 2.82. The van der Waals surface area contributed by atoms with Crippen LogP contribution in [0.3, 0.4) is 0 Å². The Morgan fingerprint density at radius 2 is 2.23 bits per heavy atom. The van der Waals surface area contributed by atoms with Gasteiger partial charge in [0.15, 0.2) is 11.6 Å². The number of amides is 1. The first kappa shape index (κ1) is 23.1. The number of nitrogens with two attached hydrogens (primary N) is 2. The predicted octanol–water partition coefficient (Wildman–Crippen LogP) is 3.01. The molecule has 1 amide bonds. The SMILES string of the molecule is Cc1nc2sc(C(=O)NC3CCc4nc(N5CC(N)C6(CCCOC6)C5)c(F)cc4C3)c(N)c2s1. The van der Waals surface area contributed by atoms with Gasteiger partial charge in [-0.25, -0.2) is 14.4 Å². The Bertz CT molecular complexity index is 1300. The average Bonchev–Trinajstić information content (AvgIpc) is 3.45. The third kappa shape index (κ3) is 3.98. The van der Waals surface area contributed by atoms with Crippen molar-refractivity contribution in [3.8, 4) is 0 Å². The van der Waals surface area contributed by atoms with Crippen LogP contribution in [-0.2, 0) is 17.6 Å². The van der Waals surface area contributed by atoms with Gasteiger partial charge >= 0.3 is 0 Å². The van der Waals surface area contributed by atoms with Crippen molar-refractivity contribution in [2.45, 2.75) is 51.1 Å². The normalized spacial score (nSPS) is 26.4. The van der Waals surface area contributed by atoms with Gasteiger partial charge < -0.3 is 26.4 Å². The van der Waals surface area contributed by atoms with Crippen LogP contribution < -0.4 is 21.7 Å². The molecule has 11 heteroatoms. The zero-order chi connectivity index (χ0) is 24.3. The number of rotatable bonds is 3. The summed E-state index contributed by atoms with van der Waals surface area (Å²) in [6.45, 7) is 4.57. The molecule has 5 heterocycles. The number of aryl methyl sites for hydroxylation is 2. The minimum atomic E-state index is -0.333. The molecular weight excluding hydrogens is 487 g/mol. The first-order valence-corrected chi connectivity index (χ1v) is 13.7. The van der Waals surface area contributed by atoms with Crippen LogP contribution in [0.4, 0.5) is 15.9 Å². The second-order valence-electron chi connectivity index (χ2n) is 10.0. The lowest BCUT2D eigenvalue weighted by Crippen LogP contribution is -2.46. The van der Waals surface area contributed by atoms with Crippen molar-refractivity contribution in [2.75, 3.05) is 36.9 Å². The zero-order valence-corrected chi connectivity index (χ0v) is 21.2. The van der Waals surface area contributed by atoms with E-state index < -0.39 is 0 Å². The number of pyridine rings is 1. The molecule has 1 aliphatic carbocycles. The van der Waals surface area contributed by atoms with Gasteiger partial charge in [0, 0.05) is 42.9 Å². The van der Waals surface area contributed by atoms with Crippen LogP contribution in [0.5, 0.6) is 0 Å². The number of ether oxygens (including phenoxy) is 1. The van der Waals surface area contributed by atoms with Crippen molar-refractivity contribution in [2.24, 2.45) is 11.1 Å². The lowest BCUT2D eigenvalue weighted by atomic mass is 9.79. The molecule has 3 unspecified atom stereocenters. The number of carbonyl (C=O) groups excluding carboxylic acids is 1. The van der Waals surface area contributed by atoms with Gasteiger partial charge in [-0.2, -0.15) is 0 Å². The Hall–Kier alpha value is -2.34. The molecule has 6 rings (SSSR count). The summed E-state index contributed by atoms with van der Waals surface area (Å²) in [6.07, 6.45) is 3.95. The van der Waals surface area contributed by atoms with Gasteiger partial charge in [-0.05, 0) is 50.7 Å². The largest absolute Gasteiger partial charge is 0.396 e. The maximum atomic E-state index is 15.3. The van der Waals surface area contributed by atoms with Crippen LogP contribution in [0.25, 0.3) is 9.53 Å². The zero-order valence-electron chi connectivity index (χ0n) is 19.6. The van der Waals surface area contributed by atoms with E-state index in [2.05, 4.69) is 10.3 Å². The van der Waals surface area contributed by atoms with Crippen LogP contribution in [0.1, 0.15) is 45.2 Å². The molecular formula is C24H29FN6O2S2. The summed E-state index contributed by atoms with van der Waals surface area (Å²) < 4.78 is 21.8. The highest BCUT2D eigenvalue weighted by Gasteiger charge is 2.47. The molecule has 2 saturated heterocycles. The van der Waals surface area contributed by atoms with E-state index in [0.717, 1.165) is 51.7 Å². The standard InChI is InChI=1S/C24H29FN6O2S2/c1-12-28-23-20(34-12)18(27)19(35-23)22(32)29-14-3-4-16-13(7-14)8-15(25)21(30-16)31-9-17(26)24(10-31)5-2-6-33-11-24/h8,14,17H,2-7,9-11,26-27H2,1H3,(H,29,32). The van der Waals surface area contributed by atoms with Crippen molar-refractivity contribution in [1.29, 1.82) is 0 Å². The van der Waals surface area contributed by atoms with Crippen molar-refractivity contribution >= 4 is 49.6 Å². The Labute approximate surface area is 210 Å².